The molecule has 0 amide bonds. The van der Waals surface area contributed by atoms with Gasteiger partial charge in [-0.2, -0.15) is 5.26 Å². The van der Waals surface area contributed by atoms with Crippen molar-refractivity contribution < 1.29 is 4.98 Å². The van der Waals surface area contributed by atoms with Gasteiger partial charge in [-0.05, 0) is 49.7 Å². The number of nitrogens with one attached hydrogen (secondary N) is 2. The second-order valence-corrected chi connectivity index (χ2v) is 5.97. The Kier molecular flexibility index (Phi) is 6.04. The molecule has 1 aliphatic rings. The maximum absolute atomic E-state index is 9.57. The summed E-state index contributed by atoms with van der Waals surface area (Å²) >= 11 is 0. The van der Waals surface area contributed by atoms with Crippen molar-refractivity contribution in [2.75, 3.05) is 11.9 Å². The fourth-order valence-electron chi connectivity index (χ4n) is 3.28. The lowest BCUT2D eigenvalue weighted by molar-refractivity contribution is -0.374. The predicted molar refractivity (Wildman–Crippen MR) is 86.4 cm³/mol. The zero-order valence-electron chi connectivity index (χ0n) is 13.5. The van der Waals surface area contributed by atoms with Gasteiger partial charge in [-0.1, -0.05) is 26.7 Å². The highest BCUT2D eigenvalue weighted by molar-refractivity contribution is 5.56. The highest BCUT2D eigenvalue weighted by Gasteiger charge is 2.24. The number of pyridine rings is 1. The number of unbranched alkanes of at least 4 members (excludes halogenated alkanes) is 3. The molecule has 0 unspecified atom stereocenters. The molecule has 1 aliphatic carbocycles. The van der Waals surface area contributed by atoms with Gasteiger partial charge in [0.15, 0.2) is 0 Å². The zero-order valence-corrected chi connectivity index (χ0v) is 13.5. The van der Waals surface area contributed by atoms with Gasteiger partial charge in [0.25, 0.3) is 5.82 Å². The molecule has 2 N–H and O–H groups in total. The average Bonchev–Trinajstić information content (AvgIpc) is 2.53. The number of hydrogen-bond donors (Lipinski definition) is 1. The van der Waals surface area contributed by atoms with E-state index in [1.807, 2.05) is 0 Å². The fraction of sp³-hybridized carbons (Fsp3) is 0.667. The fourth-order valence-corrected chi connectivity index (χ4v) is 3.28. The van der Waals surface area contributed by atoms with Crippen LogP contribution in [0.2, 0.25) is 0 Å². The molecule has 21 heavy (non-hydrogen) atoms. The van der Waals surface area contributed by atoms with Crippen LogP contribution in [0.25, 0.3) is 0 Å². The third-order valence-electron chi connectivity index (χ3n) is 4.46. The Balaban J connectivity index is 2.18. The predicted octanol–water partition coefficient (Wildman–Crippen LogP) is 3.81. The van der Waals surface area contributed by atoms with Crippen molar-refractivity contribution in [1.29, 1.82) is 5.26 Å². The minimum Gasteiger partial charge on any atom is -0.273 e. The summed E-state index contributed by atoms with van der Waals surface area (Å²) < 4.78 is 0. The Morgan fingerprint density at radius 1 is 1.10 bits per heavy atom. The van der Waals surface area contributed by atoms with Crippen LogP contribution >= 0.6 is 0 Å². The van der Waals surface area contributed by atoms with Crippen molar-refractivity contribution in [3.05, 3.63) is 22.4 Å². The van der Waals surface area contributed by atoms with Crippen molar-refractivity contribution in [3.63, 3.8) is 0 Å². The van der Waals surface area contributed by atoms with E-state index in [0.717, 1.165) is 37.2 Å². The van der Waals surface area contributed by atoms with E-state index < -0.39 is 0 Å². The van der Waals surface area contributed by atoms with Crippen molar-refractivity contribution in [3.8, 4) is 6.07 Å². The SMILES string of the molecule is CCCCCCNc1[nH+]c(CC)c2c(c1C#N)CCCC2. The first-order valence-corrected chi connectivity index (χ1v) is 8.55. The van der Waals surface area contributed by atoms with E-state index in [9.17, 15) is 5.26 Å². The van der Waals surface area contributed by atoms with Crippen LogP contribution in [0.1, 0.15) is 74.8 Å². The van der Waals surface area contributed by atoms with E-state index in [1.54, 1.807) is 0 Å². The van der Waals surface area contributed by atoms with Crippen LogP contribution in [-0.4, -0.2) is 6.54 Å². The molecule has 0 fully saturated rings. The first kappa shape index (κ1) is 15.8. The van der Waals surface area contributed by atoms with Gasteiger partial charge in [0, 0.05) is 6.42 Å². The van der Waals surface area contributed by atoms with E-state index in [0.29, 0.717) is 0 Å². The summed E-state index contributed by atoms with van der Waals surface area (Å²) in [6.45, 7) is 5.37. The molecular formula is C18H28N3+. The second kappa shape index (κ2) is 8.02. The molecule has 1 aromatic heterocycles. The monoisotopic (exact) mass is 286 g/mol. The molecule has 0 radical (unpaired) electrons. The van der Waals surface area contributed by atoms with Crippen LogP contribution in [-0.2, 0) is 19.3 Å². The van der Waals surface area contributed by atoms with Crippen molar-refractivity contribution in [1.82, 2.24) is 0 Å². The number of nitrogens with zero attached hydrogens (tertiary/aromatic N) is 1. The highest BCUT2D eigenvalue weighted by atomic mass is 15.0. The summed E-state index contributed by atoms with van der Waals surface area (Å²) in [6.07, 6.45) is 10.6. The molecule has 0 atom stereocenters. The standard InChI is InChI=1S/C18H27N3/c1-3-5-6-9-12-20-18-16(13-19)14-10-7-8-11-15(14)17(4-2)21-18/h3-12H2,1-2H3,(H,20,21)/p+1. The summed E-state index contributed by atoms with van der Waals surface area (Å²) in [4.78, 5) is 3.50. The Morgan fingerprint density at radius 2 is 1.86 bits per heavy atom. The van der Waals surface area contributed by atoms with E-state index in [1.165, 1.54) is 55.3 Å². The Morgan fingerprint density at radius 3 is 2.52 bits per heavy atom. The first-order chi connectivity index (χ1) is 10.3. The summed E-state index contributed by atoms with van der Waals surface area (Å²) in [5, 5.41) is 13.0. The highest BCUT2D eigenvalue weighted by Crippen LogP contribution is 2.28. The van der Waals surface area contributed by atoms with E-state index in [4.69, 9.17) is 0 Å². The lowest BCUT2D eigenvalue weighted by Gasteiger charge is -2.19. The lowest BCUT2D eigenvalue weighted by atomic mass is 9.87. The average molecular weight is 286 g/mol. The first-order valence-electron chi connectivity index (χ1n) is 8.55. The summed E-state index contributed by atoms with van der Waals surface area (Å²) in [6, 6.07) is 2.43. The Hall–Kier alpha value is -1.56. The van der Waals surface area contributed by atoms with Gasteiger partial charge in [0.1, 0.15) is 17.3 Å². The summed E-state index contributed by atoms with van der Waals surface area (Å²) in [5.41, 5.74) is 4.89. The number of fused-ring (bicyclic) bond motifs is 1. The van der Waals surface area contributed by atoms with Crippen LogP contribution in [0.15, 0.2) is 0 Å². The number of anilines is 1. The molecule has 2 rings (SSSR count). The largest absolute Gasteiger partial charge is 0.290 e. The number of rotatable bonds is 7. The second-order valence-electron chi connectivity index (χ2n) is 5.97. The minimum atomic E-state index is 0.859. The minimum absolute atomic E-state index is 0.859. The van der Waals surface area contributed by atoms with Gasteiger partial charge in [-0.25, -0.2) is 4.98 Å². The number of H-pyrrole nitrogens is 1. The molecule has 3 nitrogen and oxygen atoms in total. The molecule has 0 saturated heterocycles. The third kappa shape index (κ3) is 3.75. The van der Waals surface area contributed by atoms with Crippen LogP contribution < -0.4 is 10.3 Å². The maximum atomic E-state index is 9.57. The number of aromatic amines is 1. The van der Waals surface area contributed by atoms with Crippen LogP contribution in [0.5, 0.6) is 0 Å². The molecule has 1 heterocycles. The van der Waals surface area contributed by atoms with E-state index >= 15 is 0 Å². The maximum Gasteiger partial charge on any atom is 0.290 e. The van der Waals surface area contributed by atoms with Gasteiger partial charge in [0.2, 0.25) is 0 Å². The van der Waals surface area contributed by atoms with Crippen molar-refractivity contribution in [2.45, 2.75) is 71.6 Å². The molecule has 3 heteroatoms. The van der Waals surface area contributed by atoms with Gasteiger partial charge >= 0.3 is 0 Å². The van der Waals surface area contributed by atoms with Crippen LogP contribution in [0.4, 0.5) is 5.82 Å². The Labute approximate surface area is 128 Å². The van der Waals surface area contributed by atoms with Gasteiger partial charge in [-0.3, -0.25) is 5.32 Å². The smallest absolute Gasteiger partial charge is 0.273 e. The normalized spacial score (nSPS) is 13.6. The molecule has 0 saturated carbocycles. The molecule has 0 aliphatic heterocycles. The quantitative estimate of drug-likeness (QED) is 0.775. The molecule has 0 spiro atoms. The topological polar surface area (TPSA) is 50.0 Å². The van der Waals surface area contributed by atoms with Gasteiger partial charge in [-0.15, -0.1) is 0 Å². The van der Waals surface area contributed by atoms with Crippen molar-refractivity contribution >= 4 is 5.82 Å². The molecule has 0 bridgehead atoms. The summed E-state index contributed by atoms with van der Waals surface area (Å²) in [5.74, 6) is 0.950. The third-order valence-corrected chi connectivity index (χ3v) is 4.46. The number of hydrogen-bond acceptors (Lipinski definition) is 2. The van der Waals surface area contributed by atoms with Gasteiger partial charge in [0.05, 0.1) is 6.54 Å². The molecule has 1 aromatic rings. The molecule has 114 valence electrons. The van der Waals surface area contributed by atoms with Crippen LogP contribution in [0.3, 0.4) is 0 Å². The lowest BCUT2D eigenvalue weighted by Crippen LogP contribution is -2.26. The van der Waals surface area contributed by atoms with Crippen LogP contribution in [0, 0.1) is 11.3 Å². The summed E-state index contributed by atoms with van der Waals surface area (Å²) in [7, 11) is 0. The van der Waals surface area contributed by atoms with E-state index in [2.05, 4.69) is 30.2 Å². The van der Waals surface area contributed by atoms with E-state index in [-0.39, 0.29) is 0 Å². The molecule has 0 aromatic carbocycles. The zero-order chi connectivity index (χ0) is 15.1. The number of aromatic nitrogens is 1. The Bertz CT molecular complexity index is 514. The number of aryl methyl sites for hydroxylation is 1. The van der Waals surface area contributed by atoms with Crippen molar-refractivity contribution in [2.24, 2.45) is 0 Å². The van der Waals surface area contributed by atoms with Gasteiger partial charge < -0.3 is 0 Å². The molecular weight excluding hydrogens is 258 g/mol. The number of nitriles is 1.